The molecule has 4 nitrogen and oxygen atoms in total. The van der Waals surface area contributed by atoms with E-state index in [1.165, 1.54) is 0 Å². The highest BCUT2D eigenvalue weighted by Crippen LogP contribution is 2.22. The molecule has 0 aromatic heterocycles. The number of unbranched alkanes of at least 4 members (excludes halogenated alkanes) is 1. The van der Waals surface area contributed by atoms with E-state index in [9.17, 15) is 4.79 Å². The molecule has 100 valence electrons. The summed E-state index contributed by atoms with van der Waals surface area (Å²) >= 11 is 3.34. The number of benzene rings is 1. The molecule has 0 aliphatic heterocycles. The highest BCUT2D eigenvalue weighted by atomic mass is 79.9. The molecule has 5 heteroatoms. The van der Waals surface area contributed by atoms with Crippen LogP contribution in [0.4, 0.5) is 0 Å². The normalized spacial score (nSPS) is 10.2. The Kier molecular flexibility index (Phi) is 6.75. The number of hydrogen-bond donors (Lipinski definition) is 1. The number of hydrogen-bond acceptors (Lipinski definition) is 3. The largest absolute Gasteiger partial charge is 0.496 e. The van der Waals surface area contributed by atoms with Gasteiger partial charge in [-0.25, -0.2) is 0 Å². The molecule has 0 bridgehead atoms. The second kappa shape index (κ2) is 8.11. The maximum Gasteiger partial charge on any atom is 0.255 e. The zero-order valence-corrected chi connectivity index (χ0v) is 12.2. The summed E-state index contributed by atoms with van der Waals surface area (Å²) in [5.74, 6) is 0.457. The lowest BCUT2D eigenvalue weighted by Crippen LogP contribution is -2.25. The number of carbonyl (C=O) groups excluding carboxylic acids is 1. The van der Waals surface area contributed by atoms with Crippen LogP contribution < -0.4 is 10.1 Å². The van der Waals surface area contributed by atoms with Crippen LogP contribution >= 0.6 is 15.9 Å². The van der Waals surface area contributed by atoms with Crippen molar-refractivity contribution in [3.63, 3.8) is 0 Å². The quantitative estimate of drug-likeness (QED) is 0.787. The van der Waals surface area contributed by atoms with Crippen molar-refractivity contribution in [2.75, 3.05) is 27.4 Å². The molecule has 1 N–H and O–H groups in total. The van der Waals surface area contributed by atoms with Crippen LogP contribution in [0.2, 0.25) is 0 Å². The molecule has 0 aliphatic carbocycles. The van der Waals surface area contributed by atoms with Gasteiger partial charge in [0, 0.05) is 24.7 Å². The first-order chi connectivity index (χ1) is 8.69. The van der Waals surface area contributed by atoms with Crippen LogP contribution in [0.1, 0.15) is 23.2 Å². The average Bonchev–Trinajstić information content (AvgIpc) is 2.38. The second-order valence-electron chi connectivity index (χ2n) is 3.80. The van der Waals surface area contributed by atoms with Crippen molar-refractivity contribution < 1.29 is 14.3 Å². The van der Waals surface area contributed by atoms with Gasteiger partial charge in [0.25, 0.3) is 5.91 Å². The third kappa shape index (κ3) is 4.66. The fourth-order valence-corrected chi connectivity index (χ4v) is 1.89. The number of carbonyl (C=O) groups is 1. The minimum Gasteiger partial charge on any atom is -0.496 e. The number of rotatable bonds is 7. The van der Waals surface area contributed by atoms with Gasteiger partial charge in [-0.05, 0) is 31.0 Å². The number of methoxy groups -OCH3 is 2. The third-order valence-electron chi connectivity index (χ3n) is 2.47. The van der Waals surface area contributed by atoms with Gasteiger partial charge in [0.05, 0.1) is 12.7 Å². The first-order valence-corrected chi connectivity index (χ1v) is 6.59. The molecular formula is C13H18BrNO3. The molecule has 1 aromatic carbocycles. The molecule has 0 heterocycles. The summed E-state index contributed by atoms with van der Waals surface area (Å²) in [4.78, 5) is 12.0. The van der Waals surface area contributed by atoms with Gasteiger partial charge in [-0.2, -0.15) is 0 Å². The molecule has 1 amide bonds. The first-order valence-electron chi connectivity index (χ1n) is 5.79. The molecule has 0 spiro atoms. The Bertz CT molecular complexity index is 396. The van der Waals surface area contributed by atoms with Crippen LogP contribution in [0.25, 0.3) is 0 Å². The van der Waals surface area contributed by atoms with E-state index in [2.05, 4.69) is 21.2 Å². The number of nitrogens with one attached hydrogen (secondary N) is 1. The summed E-state index contributed by atoms with van der Waals surface area (Å²) in [6.45, 7) is 1.36. The molecule has 0 radical (unpaired) electrons. The Hall–Kier alpha value is -1.07. The minimum absolute atomic E-state index is 0.120. The van der Waals surface area contributed by atoms with Crippen molar-refractivity contribution in [3.8, 4) is 5.75 Å². The molecule has 0 fully saturated rings. The van der Waals surface area contributed by atoms with E-state index in [0.29, 0.717) is 17.9 Å². The van der Waals surface area contributed by atoms with Crippen LogP contribution in [-0.2, 0) is 4.74 Å². The van der Waals surface area contributed by atoms with Crippen molar-refractivity contribution in [2.24, 2.45) is 0 Å². The van der Waals surface area contributed by atoms with Gasteiger partial charge in [0.15, 0.2) is 0 Å². The SMILES string of the molecule is COCCCCNC(=O)c1cc(Br)ccc1OC. The zero-order valence-electron chi connectivity index (χ0n) is 10.7. The van der Waals surface area contributed by atoms with Crippen LogP contribution in [-0.4, -0.2) is 33.3 Å². The molecule has 0 unspecified atom stereocenters. The molecule has 0 saturated heterocycles. The second-order valence-corrected chi connectivity index (χ2v) is 4.72. The third-order valence-corrected chi connectivity index (χ3v) is 2.96. The minimum atomic E-state index is -0.120. The Balaban J connectivity index is 2.52. The molecular weight excluding hydrogens is 298 g/mol. The maximum absolute atomic E-state index is 12.0. The highest BCUT2D eigenvalue weighted by molar-refractivity contribution is 9.10. The summed E-state index contributed by atoms with van der Waals surface area (Å²) in [5, 5.41) is 2.86. The van der Waals surface area contributed by atoms with E-state index in [4.69, 9.17) is 9.47 Å². The van der Waals surface area contributed by atoms with Gasteiger partial charge in [-0.15, -0.1) is 0 Å². The Morgan fingerprint density at radius 3 is 2.78 bits per heavy atom. The number of amides is 1. The Labute approximate surface area is 116 Å². The summed E-state index contributed by atoms with van der Waals surface area (Å²) in [7, 11) is 3.23. The van der Waals surface area contributed by atoms with E-state index < -0.39 is 0 Å². The molecule has 18 heavy (non-hydrogen) atoms. The van der Waals surface area contributed by atoms with E-state index in [1.54, 1.807) is 26.4 Å². The fourth-order valence-electron chi connectivity index (χ4n) is 1.53. The van der Waals surface area contributed by atoms with E-state index >= 15 is 0 Å². The average molecular weight is 316 g/mol. The summed E-state index contributed by atoms with van der Waals surface area (Å²) in [6.07, 6.45) is 1.84. The zero-order chi connectivity index (χ0) is 13.4. The van der Waals surface area contributed by atoms with Crippen molar-refractivity contribution >= 4 is 21.8 Å². The van der Waals surface area contributed by atoms with Crippen LogP contribution in [0.3, 0.4) is 0 Å². The molecule has 0 atom stereocenters. The van der Waals surface area contributed by atoms with Gasteiger partial charge < -0.3 is 14.8 Å². The standard InChI is InChI=1S/C13H18BrNO3/c1-17-8-4-3-7-15-13(16)11-9-10(14)5-6-12(11)18-2/h5-6,9H,3-4,7-8H2,1-2H3,(H,15,16). The van der Waals surface area contributed by atoms with Crippen LogP contribution in [0.15, 0.2) is 22.7 Å². The van der Waals surface area contributed by atoms with E-state index in [-0.39, 0.29) is 5.91 Å². The Morgan fingerprint density at radius 2 is 2.11 bits per heavy atom. The molecule has 1 aromatic rings. The summed E-state index contributed by atoms with van der Waals surface area (Å²) in [6, 6.07) is 5.36. The predicted molar refractivity (Wildman–Crippen MR) is 74.1 cm³/mol. The molecule has 1 rings (SSSR count). The van der Waals surface area contributed by atoms with Crippen molar-refractivity contribution in [1.29, 1.82) is 0 Å². The monoisotopic (exact) mass is 315 g/mol. The number of ether oxygens (including phenoxy) is 2. The molecule has 0 saturated carbocycles. The van der Waals surface area contributed by atoms with Gasteiger partial charge in [-0.1, -0.05) is 15.9 Å². The smallest absolute Gasteiger partial charge is 0.255 e. The van der Waals surface area contributed by atoms with Gasteiger partial charge in [0.1, 0.15) is 5.75 Å². The van der Waals surface area contributed by atoms with Gasteiger partial charge >= 0.3 is 0 Å². The van der Waals surface area contributed by atoms with E-state index in [0.717, 1.165) is 23.9 Å². The predicted octanol–water partition coefficient (Wildman–Crippen LogP) is 2.61. The number of halogens is 1. The lowest BCUT2D eigenvalue weighted by atomic mass is 10.2. The van der Waals surface area contributed by atoms with Gasteiger partial charge in [-0.3, -0.25) is 4.79 Å². The summed E-state index contributed by atoms with van der Waals surface area (Å²) in [5.41, 5.74) is 0.540. The van der Waals surface area contributed by atoms with Gasteiger partial charge in [0.2, 0.25) is 0 Å². The van der Waals surface area contributed by atoms with Crippen LogP contribution in [0, 0.1) is 0 Å². The topological polar surface area (TPSA) is 47.6 Å². The molecule has 0 aliphatic rings. The van der Waals surface area contributed by atoms with Crippen molar-refractivity contribution in [2.45, 2.75) is 12.8 Å². The summed E-state index contributed by atoms with van der Waals surface area (Å²) < 4.78 is 11.0. The maximum atomic E-state index is 12.0. The van der Waals surface area contributed by atoms with Crippen LogP contribution in [0.5, 0.6) is 5.75 Å². The lowest BCUT2D eigenvalue weighted by Gasteiger charge is -2.09. The fraction of sp³-hybridized carbons (Fsp3) is 0.462. The first kappa shape index (κ1) is 15.0. The van der Waals surface area contributed by atoms with E-state index in [1.807, 2.05) is 6.07 Å². The Morgan fingerprint density at radius 1 is 1.33 bits per heavy atom. The lowest BCUT2D eigenvalue weighted by molar-refractivity contribution is 0.0948. The van der Waals surface area contributed by atoms with Crippen molar-refractivity contribution in [3.05, 3.63) is 28.2 Å². The highest BCUT2D eigenvalue weighted by Gasteiger charge is 2.11. The van der Waals surface area contributed by atoms with Crippen molar-refractivity contribution in [1.82, 2.24) is 5.32 Å².